The van der Waals surface area contributed by atoms with Crippen molar-refractivity contribution < 1.29 is 13.9 Å². The summed E-state index contributed by atoms with van der Waals surface area (Å²) in [5.74, 6) is -0.705. The highest BCUT2D eigenvalue weighted by atomic mass is 19.1. The van der Waals surface area contributed by atoms with Gasteiger partial charge in [-0.25, -0.2) is 4.39 Å². The van der Waals surface area contributed by atoms with E-state index >= 15 is 0 Å². The number of allylic oxidation sites excluding steroid dienone is 2. The fraction of sp³-hybridized carbons (Fsp3) is 0.478. The Hall–Kier alpha value is -2.27. The molecule has 3 atom stereocenters. The average Bonchev–Trinajstić information content (AvgIpc) is 2.73. The van der Waals surface area contributed by atoms with Gasteiger partial charge in [0.05, 0.1) is 5.56 Å². The first-order valence-electron chi connectivity index (χ1n) is 10.2. The Kier molecular flexibility index (Phi) is 7.15. The third-order valence-corrected chi connectivity index (χ3v) is 5.75. The number of ether oxygens (including phenoxy) is 1. The summed E-state index contributed by atoms with van der Waals surface area (Å²) in [4.78, 5) is 12.9. The summed E-state index contributed by atoms with van der Waals surface area (Å²) < 4.78 is 20.6. The van der Waals surface area contributed by atoms with Gasteiger partial charge in [0.1, 0.15) is 12.0 Å². The standard InChI is InChI=1S/C23H29FN2O2/c1-2-16-7-3-4-8-18(16)23(27)19-11-10-17(15-20(19)24)21(12-13-25)26-22-9-5-6-14-28-22/h2,10-13,15-16,18,22,25-26H,1,3-9,14H2/b21-12-,25-13?. The number of ketones is 1. The van der Waals surface area contributed by atoms with Gasteiger partial charge < -0.3 is 15.5 Å². The van der Waals surface area contributed by atoms with E-state index < -0.39 is 5.82 Å². The number of halogens is 1. The lowest BCUT2D eigenvalue weighted by atomic mass is 9.75. The molecule has 2 N–H and O–H groups in total. The normalized spacial score (nSPS) is 25.8. The molecule has 28 heavy (non-hydrogen) atoms. The second kappa shape index (κ2) is 9.78. The van der Waals surface area contributed by atoms with Crippen molar-refractivity contribution in [3.8, 4) is 0 Å². The summed E-state index contributed by atoms with van der Waals surface area (Å²) in [7, 11) is 0. The summed E-state index contributed by atoms with van der Waals surface area (Å²) >= 11 is 0. The second-order valence-corrected chi connectivity index (χ2v) is 7.60. The Morgan fingerprint density at radius 2 is 2.00 bits per heavy atom. The lowest BCUT2D eigenvalue weighted by Gasteiger charge is -2.28. The van der Waals surface area contributed by atoms with E-state index in [0.29, 0.717) is 17.9 Å². The Bertz CT molecular complexity index is 753. The maximum absolute atomic E-state index is 14.9. The molecule has 0 radical (unpaired) electrons. The van der Waals surface area contributed by atoms with Crippen LogP contribution in [0.1, 0.15) is 60.9 Å². The van der Waals surface area contributed by atoms with Crippen LogP contribution >= 0.6 is 0 Å². The largest absolute Gasteiger partial charge is 0.360 e. The molecular formula is C23H29FN2O2. The number of rotatable bonds is 7. The highest BCUT2D eigenvalue weighted by molar-refractivity contribution is 5.99. The van der Waals surface area contributed by atoms with Crippen molar-refractivity contribution in [2.24, 2.45) is 11.8 Å². The molecule has 0 amide bonds. The topological polar surface area (TPSA) is 62.2 Å². The SMILES string of the molecule is C=CC1CCCCC1C(=O)c1ccc(/C(=C/C=N)NC2CCCCO2)cc1F. The smallest absolute Gasteiger partial charge is 0.169 e. The van der Waals surface area contributed by atoms with Crippen LogP contribution in [0.5, 0.6) is 0 Å². The minimum Gasteiger partial charge on any atom is -0.360 e. The lowest BCUT2D eigenvalue weighted by molar-refractivity contribution is 0.00533. The first-order valence-corrected chi connectivity index (χ1v) is 10.2. The Labute approximate surface area is 166 Å². The molecule has 0 bridgehead atoms. The molecule has 1 aromatic carbocycles. The molecule has 5 heteroatoms. The van der Waals surface area contributed by atoms with Crippen LogP contribution in [-0.4, -0.2) is 24.8 Å². The molecule has 150 valence electrons. The number of carbonyl (C=O) groups is 1. The van der Waals surface area contributed by atoms with Crippen molar-refractivity contribution in [2.75, 3.05) is 6.61 Å². The van der Waals surface area contributed by atoms with E-state index in [1.54, 1.807) is 18.2 Å². The van der Waals surface area contributed by atoms with Gasteiger partial charge in [-0.05, 0) is 56.2 Å². The molecular weight excluding hydrogens is 355 g/mol. The predicted octanol–water partition coefficient (Wildman–Crippen LogP) is 5.11. The van der Waals surface area contributed by atoms with Crippen molar-refractivity contribution in [3.05, 3.63) is 53.9 Å². The van der Waals surface area contributed by atoms with Gasteiger partial charge >= 0.3 is 0 Å². The van der Waals surface area contributed by atoms with Gasteiger partial charge in [-0.1, -0.05) is 25.0 Å². The van der Waals surface area contributed by atoms with E-state index in [-0.39, 0.29) is 29.4 Å². The van der Waals surface area contributed by atoms with E-state index in [0.717, 1.165) is 44.9 Å². The number of hydrogen-bond donors (Lipinski definition) is 2. The van der Waals surface area contributed by atoms with Crippen LogP contribution in [-0.2, 0) is 4.74 Å². The van der Waals surface area contributed by atoms with Crippen molar-refractivity contribution in [3.63, 3.8) is 0 Å². The first kappa shape index (κ1) is 20.5. The number of nitrogens with one attached hydrogen (secondary N) is 2. The van der Waals surface area contributed by atoms with Crippen LogP contribution in [0.4, 0.5) is 4.39 Å². The third-order valence-electron chi connectivity index (χ3n) is 5.75. The van der Waals surface area contributed by atoms with Crippen LogP contribution < -0.4 is 5.32 Å². The number of Topliss-reactive ketones (excluding diaryl/α,β-unsaturated/α-hetero) is 1. The molecule has 3 rings (SSSR count). The second-order valence-electron chi connectivity index (χ2n) is 7.60. The maximum Gasteiger partial charge on any atom is 0.169 e. The molecule has 1 aliphatic carbocycles. The molecule has 0 aromatic heterocycles. The molecule has 0 spiro atoms. The first-order chi connectivity index (χ1) is 13.6. The minimum absolute atomic E-state index is 0.124. The molecule has 1 saturated carbocycles. The zero-order valence-electron chi connectivity index (χ0n) is 16.3. The maximum atomic E-state index is 14.9. The average molecular weight is 384 g/mol. The van der Waals surface area contributed by atoms with Gasteiger partial charge in [0, 0.05) is 30.0 Å². The van der Waals surface area contributed by atoms with E-state index in [2.05, 4.69) is 11.9 Å². The number of benzene rings is 1. The van der Waals surface area contributed by atoms with Gasteiger partial charge in [-0.2, -0.15) is 0 Å². The zero-order chi connectivity index (χ0) is 19.9. The molecule has 1 saturated heterocycles. The zero-order valence-corrected chi connectivity index (χ0v) is 16.3. The molecule has 1 aliphatic heterocycles. The van der Waals surface area contributed by atoms with E-state index in [4.69, 9.17) is 10.1 Å². The summed E-state index contributed by atoms with van der Waals surface area (Å²) in [5, 5.41) is 10.7. The van der Waals surface area contributed by atoms with Gasteiger partial charge in [0.15, 0.2) is 5.78 Å². The molecule has 2 aliphatic rings. The summed E-state index contributed by atoms with van der Waals surface area (Å²) in [6.45, 7) is 4.55. The van der Waals surface area contributed by atoms with E-state index in [1.165, 1.54) is 12.3 Å². The van der Waals surface area contributed by atoms with Crippen molar-refractivity contribution in [2.45, 2.75) is 51.2 Å². The van der Waals surface area contributed by atoms with Crippen LogP contribution in [0.15, 0.2) is 36.9 Å². The molecule has 4 nitrogen and oxygen atoms in total. The van der Waals surface area contributed by atoms with E-state index in [1.807, 2.05) is 6.08 Å². The highest BCUT2D eigenvalue weighted by Gasteiger charge is 2.31. The molecule has 2 fully saturated rings. The van der Waals surface area contributed by atoms with Crippen molar-refractivity contribution >= 4 is 17.7 Å². The van der Waals surface area contributed by atoms with Gasteiger partial charge in [-0.3, -0.25) is 4.79 Å². The van der Waals surface area contributed by atoms with Crippen LogP contribution in [0.25, 0.3) is 5.70 Å². The van der Waals surface area contributed by atoms with Crippen molar-refractivity contribution in [1.29, 1.82) is 5.41 Å². The predicted molar refractivity (Wildman–Crippen MR) is 110 cm³/mol. The lowest BCUT2D eigenvalue weighted by Crippen LogP contribution is -2.33. The molecule has 3 unspecified atom stereocenters. The van der Waals surface area contributed by atoms with Crippen molar-refractivity contribution in [1.82, 2.24) is 5.32 Å². The highest BCUT2D eigenvalue weighted by Crippen LogP contribution is 2.34. The van der Waals surface area contributed by atoms with Gasteiger partial charge in [0.25, 0.3) is 0 Å². The minimum atomic E-state index is -0.516. The number of carbonyl (C=O) groups excluding carboxylic acids is 1. The van der Waals surface area contributed by atoms with Gasteiger partial charge in [-0.15, -0.1) is 6.58 Å². The van der Waals surface area contributed by atoms with Crippen LogP contribution in [0.3, 0.4) is 0 Å². The van der Waals surface area contributed by atoms with E-state index in [9.17, 15) is 9.18 Å². The Balaban J connectivity index is 1.79. The third kappa shape index (κ3) is 4.76. The quantitative estimate of drug-likeness (QED) is 0.390. The molecule has 1 aromatic rings. The monoisotopic (exact) mass is 384 g/mol. The summed E-state index contributed by atoms with van der Waals surface area (Å²) in [5.41, 5.74) is 1.38. The Morgan fingerprint density at radius 1 is 1.21 bits per heavy atom. The fourth-order valence-electron chi connectivity index (χ4n) is 4.19. The Morgan fingerprint density at radius 3 is 2.68 bits per heavy atom. The van der Waals surface area contributed by atoms with Gasteiger partial charge in [0.2, 0.25) is 0 Å². The van der Waals surface area contributed by atoms with Crippen LogP contribution in [0, 0.1) is 23.1 Å². The summed E-state index contributed by atoms with van der Waals surface area (Å²) in [6.07, 6.45) is 11.3. The summed E-state index contributed by atoms with van der Waals surface area (Å²) in [6, 6.07) is 4.69. The number of hydrogen-bond acceptors (Lipinski definition) is 4. The van der Waals surface area contributed by atoms with Crippen LogP contribution in [0.2, 0.25) is 0 Å². The fourth-order valence-corrected chi connectivity index (χ4v) is 4.19. The molecule has 1 heterocycles.